The Bertz CT molecular complexity index is 833. The number of hydrogen-bond acceptors (Lipinski definition) is 7. The van der Waals surface area contributed by atoms with Crippen molar-refractivity contribution in [2.24, 2.45) is 0 Å². The summed E-state index contributed by atoms with van der Waals surface area (Å²) in [6.07, 6.45) is 3.02. The highest BCUT2D eigenvalue weighted by molar-refractivity contribution is 7.99. The smallest absolute Gasteiger partial charge is 0.245 e. The van der Waals surface area contributed by atoms with E-state index in [2.05, 4.69) is 25.0 Å². The van der Waals surface area contributed by atoms with E-state index in [0.717, 1.165) is 11.4 Å². The number of aromatic nitrogens is 6. The van der Waals surface area contributed by atoms with Gasteiger partial charge in [-0.25, -0.2) is 19.5 Å². The van der Waals surface area contributed by atoms with E-state index in [4.69, 9.17) is 5.26 Å². The molecule has 7 nitrogen and oxygen atoms in total. The molecule has 0 spiro atoms. The van der Waals surface area contributed by atoms with E-state index in [1.807, 2.05) is 26.0 Å². The second-order valence-electron chi connectivity index (χ2n) is 4.07. The zero-order chi connectivity index (χ0) is 14.1. The molecule has 0 atom stereocenters. The SMILES string of the molecule is Cc1cc(C)n2nc(Sc3nccnc3C#N)nc2n1. The fourth-order valence-electron chi connectivity index (χ4n) is 1.75. The summed E-state index contributed by atoms with van der Waals surface area (Å²) in [5.41, 5.74) is 2.10. The average molecular weight is 283 g/mol. The van der Waals surface area contributed by atoms with Crippen LogP contribution in [0.2, 0.25) is 0 Å². The van der Waals surface area contributed by atoms with E-state index in [1.54, 1.807) is 4.52 Å². The van der Waals surface area contributed by atoms with Crippen molar-refractivity contribution in [1.82, 2.24) is 29.5 Å². The first-order valence-corrected chi connectivity index (χ1v) is 6.59. The van der Waals surface area contributed by atoms with E-state index in [-0.39, 0.29) is 5.69 Å². The molecule has 0 saturated carbocycles. The number of aryl methyl sites for hydroxylation is 2. The third-order valence-electron chi connectivity index (χ3n) is 2.56. The standard InChI is InChI=1S/C12H9N7S/c1-7-5-8(2)19-11(16-7)17-12(18-19)20-10-9(6-13)14-3-4-15-10/h3-5H,1-2H3. The predicted octanol–water partition coefficient (Wildman–Crippen LogP) is 1.55. The fraction of sp³-hybridized carbons (Fsp3) is 0.167. The molecule has 3 aromatic heterocycles. The van der Waals surface area contributed by atoms with Crippen molar-refractivity contribution in [2.45, 2.75) is 24.0 Å². The minimum atomic E-state index is 0.261. The summed E-state index contributed by atoms with van der Waals surface area (Å²) >= 11 is 1.20. The molecule has 0 fully saturated rings. The van der Waals surface area contributed by atoms with Gasteiger partial charge in [0.1, 0.15) is 11.1 Å². The Hall–Kier alpha value is -2.53. The molecule has 0 radical (unpaired) electrons. The van der Waals surface area contributed by atoms with Crippen LogP contribution in [0.25, 0.3) is 5.78 Å². The summed E-state index contributed by atoms with van der Waals surface area (Å²) in [5, 5.41) is 14.3. The maximum absolute atomic E-state index is 8.99. The van der Waals surface area contributed by atoms with Crippen molar-refractivity contribution in [3.8, 4) is 6.07 Å². The molecular formula is C12H9N7S. The second kappa shape index (κ2) is 4.86. The molecule has 3 rings (SSSR count). The van der Waals surface area contributed by atoms with Crippen molar-refractivity contribution in [2.75, 3.05) is 0 Å². The van der Waals surface area contributed by atoms with Crippen LogP contribution in [-0.2, 0) is 0 Å². The Morgan fingerprint density at radius 2 is 2.00 bits per heavy atom. The largest absolute Gasteiger partial charge is 0.253 e. The van der Waals surface area contributed by atoms with Crippen LogP contribution in [0.5, 0.6) is 0 Å². The van der Waals surface area contributed by atoms with Crippen LogP contribution in [-0.4, -0.2) is 29.5 Å². The summed E-state index contributed by atoms with van der Waals surface area (Å²) < 4.78 is 1.66. The first-order valence-electron chi connectivity index (χ1n) is 5.77. The van der Waals surface area contributed by atoms with Crippen molar-refractivity contribution in [1.29, 1.82) is 5.26 Å². The number of nitriles is 1. The maximum atomic E-state index is 8.99. The van der Waals surface area contributed by atoms with Gasteiger partial charge in [-0.1, -0.05) is 0 Å². The molecule has 0 bridgehead atoms. The van der Waals surface area contributed by atoms with Crippen LogP contribution >= 0.6 is 11.8 Å². The van der Waals surface area contributed by atoms with Gasteiger partial charge in [0.2, 0.25) is 5.16 Å². The molecule has 0 N–H and O–H groups in total. The number of rotatable bonds is 2. The fourth-order valence-corrected chi connectivity index (χ4v) is 2.49. The van der Waals surface area contributed by atoms with Gasteiger partial charge in [-0.3, -0.25) is 0 Å². The van der Waals surface area contributed by atoms with Crippen LogP contribution < -0.4 is 0 Å². The molecule has 3 aromatic rings. The normalized spacial score (nSPS) is 10.7. The Kier molecular flexibility index (Phi) is 3.04. The van der Waals surface area contributed by atoms with Gasteiger partial charge >= 0.3 is 0 Å². The van der Waals surface area contributed by atoms with Gasteiger partial charge in [0.05, 0.1) is 0 Å². The lowest BCUT2D eigenvalue weighted by molar-refractivity contribution is 0.841. The van der Waals surface area contributed by atoms with E-state index < -0.39 is 0 Å². The highest BCUT2D eigenvalue weighted by atomic mass is 32.2. The van der Waals surface area contributed by atoms with Crippen molar-refractivity contribution in [3.05, 3.63) is 35.5 Å². The van der Waals surface area contributed by atoms with Gasteiger partial charge in [-0.05, 0) is 31.7 Å². The number of nitrogens with zero attached hydrogens (tertiary/aromatic N) is 7. The summed E-state index contributed by atoms with van der Waals surface area (Å²) in [6.45, 7) is 3.85. The Balaban J connectivity index is 2.04. The van der Waals surface area contributed by atoms with Gasteiger partial charge in [-0.2, -0.15) is 10.2 Å². The van der Waals surface area contributed by atoms with Gasteiger partial charge in [0, 0.05) is 23.8 Å². The van der Waals surface area contributed by atoms with Gasteiger partial charge < -0.3 is 0 Å². The maximum Gasteiger partial charge on any atom is 0.253 e. The predicted molar refractivity (Wildman–Crippen MR) is 71.1 cm³/mol. The lowest BCUT2D eigenvalue weighted by atomic mass is 10.4. The summed E-state index contributed by atoms with van der Waals surface area (Å²) in [4.78, 5) is 16.7. The van der Waals surface area contributed by atoms with Crippen molar-refractivity contribution >= 4 is 17.5 Å². The summed E-state index contributed by atoms with van der Waals surface area (Å²) in [5.74, 6) is 0.535. The number of hydrogen-bond donors (Lipinski definition) is 0. The molecule has 98 valence electrons. The molecule has 0 aliphatic heterocycles. The number of fused-ring (bicyclic) bond motifs is 1. The molecule has 0 unspecified atom stereocenters. The monoisotopic (exact) mass is 283 g/mol. The van der Waals surface area contributed by atoms with E-state index >= 15 is 0 Å². The molecule has 20 heavy (non-hydrogen) atoms. The third kappa shape index (κ3) is 2.19. The minimum absolute atomic E-state index is 0.261. The van der Waals surface area contributed by atoms with Gasteiger partial charge in [-0.15, -0.1) is 5.10 Å². The summed E-state index contributed by atoms with van der Waals surface area (Å²) in [6, 6.07) is 3.93. The molecule has 0 aliphatic rings. The van der Waals surface area contributed by atoms with Crippen molar-refractivity contribution < 1.29 is 0 Å². The van der Waals surface area contributed by atoms with Crippen LogP contribution in [0.1, 0.15) is 17.1 Å². The first-order chi connectivity index (χ1) is 9.67. The quantitative estimate of drug-likeness (QED) is 0.704. The highest BCUT2D eigenvalue weighted by Gasteiger charge is 2.12. The molecule has 3 heterocycles. The summed E-state index contributed by atoms with van der Waals surface area (Å²) in [7, 11) is 0. The lowest BCUT2D eigenvalue weighted by Gasteiger charge is -1.97. The molecule has 0 amide bonds. The van der Waals surface area contributed by atoms with Gasteiger partial charge in [0.15, 0.2) is 5.69 Å². The molecule has 0 aromatic carbocycles. The molecular weight excluding hydrogens is 274 g/mol. The van der Waals surface area contributed by atoms with Crippen LogP contribution in [0, 0.1) is 25.2 Å². The molecule has 8 heteroatoms. The van der Waals surface area contributed by atoms with E-state index in [9.17, 15) is 0 Å². The molecule has 0 aliphatic carbocycles. The van der Waals surface area contributed by atoms with E-state index in [0.29, 0.717) is 16.0 Å². The Morgan fingerprint density at radius 1 is 1.20 bits per heavy atom. The first kappa shape index (κ1) is 12.5. The third-order valence-corrected chi connectivity index (χ3v) is 3.40. The van der Waals surface area contributed by atoms with Gasteiger partial charge in [0.25, 0.3) is 5.78 Å². The molecule has 0 saturated heterocycles. The Labute approximate surface area is 118 Å². The lowest BCUT2D eigenvalue weighted by Crippen LogP contribution is -1.97. The zero-order valence-electron chi connectivity index (χ0n) is 10.8. The minimum Gasteiger partial charge on any atom is -0.245 e. The topological polar surface area (TPSA) is 92.7 Å². The van der Waals surface area contributed by atoms with E-state index in [1.165, 1.54) is 24.2 Å². The highest BCUT2D eigenvalue weighted by Crippen LogP contribution is 2.24. The van der Waals surface area contributed by atoms with Crippen molar-refractivity contribution in [3.63, 3.8) is 0 Å². The van der Waals surface area contributed by atoms with Crippen LogP contribution in [0.3, 0.4) is 0 Å². The van der Waals surface area contributed by atoms with Crippen LogP contribution in [0.4, 0.5) is 0 Å². The zero-order valence-corrected chi connectivity index (χ0v) is 11.6. The Morgan fingerprint density at radius 3 is 2.80 bits per heavy atom. The van der Waals surface area contributed by atoms with Crippen LogP contribution in [0.15, 0.2) is 28.6 Å². The average Bonchev–Trinajstić information content (AvgIpc) is 2.82. The second-order valence-corrected chi connectivity index (χ2v) is 5.03.